The second kappa shape index (κ2) is 5.37. The summed E-state index contributed by atoms with van der Waals surface area (Å²) in [4.78, 5) is 2.20. The summed E-state index contributed by atoms with van der Waals surface area (Å²) in [6.45, 7) is 1.93. The first-order valence-corrected chi connectivity index (χ1v) is 8.00. The Labute approximate surface area is 110 Å². The van der Waals surface area contributed by atoms with Gasteiger partial charge in [-0.15, -0.1) is 0 Å². The van der Waals surface area contributed by atoms with Crippen molar-refractivity contribution >= 4 is 31.6 Å². The molecule has 0 bridgehead atoms. The van der Waals surface area contributed by atoms with E-state index in [0.717, 1.165) is 16.7 Å². The summed E-state index contributed by atoms with van der Waals surface area (Å²) in [7, 11) is -3.05. The third-order valence-corrected chi connectivity index (χ3v) is 4.88. The molecule has 2 rings (SSSR count). The van der Waals surface area contributed by atoms with Gasteiger partial charge >= 0.3 is 0 Å². The molecule has 6 heteroatoms. The van der Waals surface area contributed by atoms with Crippen LogP contribution in [0.5, 0.6) is 0 Å². The van der Waals surface area contributed by atoms with Crippen LogP contribution in [0.3, 0.4) is 0 Å². The highest BCUT2D eigenvalue weighted by Crippen LogP contribution is 2.25. The van der Waals surface area contributed by atoms with E-state index in [9.17, 15) is 8.42 Å². The maximum absolute atomic E-state index is 11.4. The molecular formula is C11H15BrN2O2S. The largest absolute Gasteiger partial charge is 0.369 e. The molecule has 1 heterocycles. The van der Waals surface area contributed by atoms with Gasteiger partial charge in [0.2, 0.25) is 10.0 Å². The van der Waals surface area contributed by atoms with Crippen molar-refractivity contribution in [2.75, 3.05) is 30.3 Å². The topological polar surface area (TPSA) is 49.4 Å². The molecule has 94 valence electrons. The highest BCUT2D eigenvalue weighted by molar-refractivity contribution is 9.10. The zero-order chi connectivity index (χ0) is 12.3. The molecule has 17 heavy (non-hydrogen) atoms. The quantitative estimate of drug-likeness (QED) is 0.855. The molecule has 1 aliphatic heterocycles. The number of rotatable bonds is 1. The van der Waals surface area contributed by atoms with Crippen LogP contribution in [0.15, 0.2) is 28.7 Å². The number of benzene rings is 1. The fourth-order valence-electron chi connectivity index (χ4n) is 1.91. The number of nitrogens with one attached hydrogen (secondary N) is 1. The Morgan fingerprint density at radius 3 is 2.76 bits per heavy atom. The molecule has 0 unspecified atom stereocenters. The van der Waals surface area contributed by atoms with Gasteiger partial charge in [0.25, 0.3) is 0 Å². The molecule has 0 aliphatic carbocycles. The number of sulfonamides is 1. The molecule has 0 saturated carbocycles. The smallest absolute Gasteiger partial charge is 0.211 e. The molecule has 1 fully saturated rings. The fraction of sp³-hybridized carbons (Fsp3) is 0.455. The van der Waals surface area contributed by atoms with Gasteiger partial charge in [-0.3, -0.25) is 0 Å². The molecule has 0 aromatic heterocycles. The number of nitrogens with zero attached hydrogens (tertiary/aromatic N) is 1. The average Bonchev–Trinajstić information content (AvgIpc) is 2.25. The minimum absolute atomic E-state index is 0.202. The maximum Gasteiger partial charge on any atom is 0.211 e. The lowest BCUT2D eigenvalue weighted by Crippen LogP contribution is -2.40. The average molecular weight is 319 g/mol. The van der Waals surface area contributed by atoms with Crippen molar-refractivity contribution in [2.45, 2.75) is 6.42 Å². The monoisotopic (exact) mass is 318 g/mol. The van der Waals surface area contributed by atoms with E-state index in [1.165, 1.54) is 0 Å². The van der Waals surface area contributed by atoms with Crippen LogP contribution in [0.25, 0.3) is 0 Å². The van der Waals surface area contributed by atoms with Crippen molar-refractivity contribution < 1.29 is 8.42 Å². The molecule has 0 amide bonds. The Hall–Kier alpha value is -0.590. The van der Waals surface area contributed by atoms with Gasteiger partial charge in [-0.05, 0) is 34.5 Å². The normalized spacial score (nSPS) is 20.6. The summed E-state index contributed by atoms with van der Waals surface area (Å²) < 4.78 is 26.4. The number of hydrogen-bond donors (Lipinski definition) is 1. The minimum Gasteiger partial charge on any atom is -0.369 e. The van der Waals surface area contributed by atoms with Gasteiger partial charge in [-0.1, -0.05) is 12.1 Å². The zero-order valence-corrected chi connectivity index (χ0v) is 11.8. The van der Waals surface area contributed by atoms with E-state index in [0.29, 0.717) is 19.5 Å². The van der Waals surface area contributed by atoms with E-state index >= 15 is 0 Å². The van der Waals surface area contributed by atoms with Crippen molar-refractivity contribution in [3.63, 3.8) is 0 Å². The van der Waals surface area contributed by atoms with Crippen LogP contribution in [-0.2, 0) is 10.0 Å². The second-order valence-electron chi connectivity index (χ2n) is 4.01. The lowest BCUT2D eigenvalue weighted by molar-refractivity contribution is 0.570. The van der Waals surface area contributed by atoms with Gasteiger partial charge in [-0.25, -0.2) is 13.1 Å². The van der Waals surface area contributed by atoms with Gasteiger partial charge in [0.15, 0.2) is 0 Å². The maximum atomic E-state index is 11.4. The first-order chi connectivity index (χ1) is 8.08. The van der Waals surface area contributed by atoms with Crippen LogP contribution < -0.4 is 9.62 Å². The van der Waals surface area contributed by atoms with Crippen LogP contribution >= 0.6 is 15.9 Å². The third kappa shape index (κ3) is 3.43. The van der Waals surface area contributed by atoms with Crippen LogP contribution in [0, 0.1) is 0 Å². The predicted octanol–water partition coefficient (Wildman–Crippen LogP) is 1.58. The van der Waals surface area contributed by atoms with E-state index in [4.69, 9.17) is 0 Å². The Morgan fingerprint density at radius 2 is 2.00 bits per heavy atom. The molecule has 1 saturated heterocycles. The molecule has 0 atom stereocenters. The van der Waals surface area contributed by atoms with E-state index in [1.807, 2.05) is 24.3 Å². The molecule has 0 spiro atoms. The first kappa shape index (κ1) is 12.9. The molecule has 1 aromatic rings. The molecule has 1 aromatic carbocycles. The van der Waals surface area contributed by atoms with E-state index in [1.54, 1.807) is 0 Å². The van der Waals surface area contributed by atoms with Gasteiger partial charge in [-0.2, -0.15) is 0 Å². The third-order valence-electron chi connectivity index (χ3n) is 2.74. The van der Waals surface area contributed by atoms with E-state index in [-0.39, 0.29) is 5.75 Å². The highest BCUT2D eigenvalue weighted by Gasteiger charge is 2.17. The summed E-state index contributed by atoms with van der Waals surface area (Å²) in [5, 5.41) is 0. The van der Waals surface area contributed by atoms with Gasteiger partial charge in [0.1, 0.15) is 0 Å². The SMILES string of the molecule is O=S1(=O)CCCN(c2ccccc2Br)CCN1. The van der Waals surface area contributed by atoms with Gasteiger partial charge in [0, 0.05) is 24.1 Å². The molecule has 1 N–H and O–H groups in total. The summed E-state index contributed by atoms with van der Waals surface area (Å²) in [5.41, 5.74) is 1.12. The molecule has 0 radical (unpaired) electrons. The lowest BCUT2D eigenvalue weighted by atomic mass is 10.2. The van der Waals surface area contributed by atoms with E-state index in [2.05, 4.69) is 25.6 Å². The standard InChI is InChI=1S/C11H15BrN2O2S/c12-10-4-1-2-5-11(10)14-7-3-9-17(15,16)13-6-8-14/h1-2,4-5,13H,3,6-9H2. The first-order valence-electron chi connectivity index (χ1n) is 5.55. The number of anilines is 1. The summed E-state index contributed by atoms with van der Waals surface area (Å²) >= 11 is 3.52. The van der Waals surface area contributed by atoms with Crippen LogP contribution in [0.2, 0.25) is 0 Å². The van der Waals surface area contributed by atoms with E-state index < -0.39 is 10.0 Å². The number of para-hydroxylation sites is 1. The fourth-order valence-corrected chi connectivity index (χ4v) is 3.51. The Kier molecular flexibility index (Phi) is 4.06. The number of hydrogen-bond acceptors (Lipinski definition) is 3. The summed E-state index contributed by atoms with van der Waals surface area (Å²) in [6, 6.07) is 8.00. The Bertz CT molecular complexity index is 474. The zero-order valence-electron chi connectivity index (χ0n) is 9.39. The van der Waals surface area contributed by atoms with Crippen LogP contribution in [0.1, 0.15) is 6.42 Å². The van der Waals surface area contributed by atoms with Crippen LogP contribution in [-0.4, -0.2) is 33.8 Å². The minimum atomic E-state index is -3.05. The molecule has 4 nitrogen and oxygen atoms in total. The van der Waals surface area contributed by atoms with Crippen molar-refractivity contribution in [3.05, 3.63) is 28.7 Å². The predicted molar refractivity (Wildman–Crippen MR) is 72.8 cm³/mol. The lowest BCUT2D eigenvalue weighted by Gasteiger charge is -2.28. The van der Waals surface area contributed by atoms with Gasteiger partial charge < -0.3 is 4.90 Å². The summed E-state index contributed by atoms with van der Waals surface area (Å²) in [5.74, 6) is 0.202. The molecule has 1 aliphatic rings. The van der Waals surface area contributed by atoms with Crippen molar-refractivity contribution in [3.8, 4) is 0 Å². The van der Waals surface area contributed by atoms with Crippen molar-refractivity contribution in [1.82, 2.24) is 4.72 Å². The second-order valence-corrected chi connectivity index (χ2v) is 6.79. The van der Waals surface area contributed by atoms with Crippen molar-refractivity contribution in [1.29, 1.82) is 0 Å². The van der Waals surface area contributed by atoms with Crippen molar-refractivity contribution in [2.24, 2.45) is 0 Å². The van der Waals surface area contributed by atoms with Crippen LogP contribution in [0.4, 0.5) is 5.69 Å². The molecular weight excluding hydrogens is 304 g/mol. The Morgan fingerprint density at radius 1 is 1.24 bits per heavy atom. The summed E-state index contributed by atoms with van der Waals surface area (Å²) in [6.07, 6.45) is 0.649. The highest BCUT2D eigenvalue weighted by atomic mass is 79.9. The Balaban J connectivity index is 2.11. The van der Waals surface area contributed by atoms with Gasteiger partial charge in [0.05, 0.1) is 11.4 Å². The number of halogens is 1.